The molecule has 0 N–H and O–H groups in total. The largest absolute Gasteiger partial charge is 0.481 e. The van der Waals surface area contributed by atoms with Crippen LogP contribution in [0.3, 0.4) is 0 Å². The van der Waals surface area contributed by atoms with E-state index in [2.05, 4.69) is 15.3 Å². The Morgan fingerprint density at radius 1 is 1.21 bits per heavy atom. The van der Waals surface area contributed by atoms with Gasteiger partial charge in [0.2, 0.25) is 5.88 Å². The lowest BCUT2D eigenvalue weighted by molar-refractivity contribution is 0.387. The average Bonchev–Trinajstić information content (AvgIpc) is 3.15. The molecule has 19 heavy (non-hydrogen) atoms. The number of nitrogens with zero attached hydrogens (tertiary/aromatic N) is 4. The molecule has 2 bridgehead atoms. The molecule has 5 nitrogen and oxygen atoms in total. The summed E-state index contributed by atoms with van der Waals surface area (Å²) in [4.78, 5) is 4.56. The first-order valence-electron chi connectivity index (χ1n) is 7.09. The van der Waals surface area contributed by atoms with Crippen molar-refractivity contribution in [2.75, 3.05) is 7.11 Å². The molecular weight excluding hydrogens is 240 g/mol. The monoisotopic (exact) mass is 260 g/mol. The molecule has 0 amide bonds. The third-order valence-electron chi connectivity index (χ3n) is 4.17. The molecule has 2 aliphatic rings. The van der Waals surface area contributed by atoms with Crippen LogP contribution < -0.4 is 4.74 Å². The van der Waals surface area contributed by atoms with Gasteiger partial charge in [0.05, 0.1) is 12.8 Å². The van der Waals surface area contributed by atoms with Crippen LogP contribution in [0.1, 0.15) is 61.9 Å². The first-order valence-corrected chi connectivity index (χ1v) is 7.09. The maximum Gasteiger partial charge on any atom is 0.220 e. The number of aryl methyl sites for hydroxylation is 1. The Kier molecular flexibility index (Phi) is 2.92. The van der Waals surface area contributed by atoms with Gasteiger partial charge in [-0.2, -0.15) is 9.50 Å². The van der Waals surface area contributed by atoms with Gasteiger partial charge in [0.15, 0.2) is 5.65 Å². The molecule has 2 atom stereocenters. The zero-order valence-electron chi connectivity index (χ0n) is 12.0. The smallest absolute Gasteiger partial charge is 0.220 e. The molecule has 2 aromatic heterocycles. The number of rotatable bonds is 1. The molecule has 2 aromatic rings. The molecule has 0 radical (unpaired) electrons. The van der Waals surface area contributed by atoms with E-state index in [0.717, 1.165) is 17.2 Å². The summed E-state index contributed by atoms with van der Waals surface area (Å²) in [7, 11) is 1.70. The fourth-order valence-corrected chi connectivity index (χ4v) is 3.45. The summed E-state index contributed by atoms with van der Waals surface area (Å²) >= 11 is 0. The summed E-state index contributed by atoms with van der Waals surface area (Å²) in [6.07, 6.45) is 3.75. The van der Waals surface area contributed by atoms with Crippen LogP contribution >= 0.6 is 0 Å². The van der Waals surface area contributed by atoms with Crippen molar-refractivity contribution in [2.24, 2.45) is 0 Å². The second-order valence-electron chi connectivity index (χ2n) is 5.04. The Bertz CT molecular complexity index is 619. The third kappa shape index (κ3) is 1.57. The van der Waals surface area contributed by atoms with Crippen molar-refractivity contribution in [3.8, 4) is 5.88 Å². The summed E-state index contributed by atoms with van der Waals surface area (Å²) in [5.41, 5.74) is 4.28. The van der Waals surface area contributed by atoms with Gasteiger partial charge in [-0.1, -0.05) is 19.1 Å². The highest BCUT2D eigenvalue weighted by Gasteiger charge is 2.42. The van der Waals surface area contributed by atoms with E-state index in [9.17, 15) is 0 Å². The summed E-state index contributed by atoms with van der Waals surface area (Å²) < 4.78 is 7.39. The Morgan fingerprint density at radius 3 is 2.68 bits per heavy atom. The molecule has 4 rings (SSSR count). The number of fused-ring (bicyclic) bond motifs is 7. The van der Waals surface area contributed by atoms with E-state index in [-0.39, 0.29) is 0 Å². The minimum Gasteiger partial charge on any atom is -0.481 e. The van der Waals surface area contributed by atoms with Crippen LogP contribution in [-0.2, 0) is 0 Å². The number of methoxy groups -OCH3 is 1. The van der Waals surface area contributed by atoms with Gasteiger partial charge < -0.3 is 4.74 Å². The molecular formula is C14H20N4O. The van der Waals surface area contributed by atoms with Crippen molar-refractivity contribution in [2.45, 2.75) is 51.9 Å². The van der Waals surface area contributed by atoms with E-state index < -0.39 is 0 Å². The molecule has 2 aliphatic carbocycles. The van der Waals surface area contributed by atoms with Crippen LogP contribution in [0.4, 0.5) is 0 Å². The van der Waals surface area contributed by atoms with Crippen LogP contribution in [0.15, 0.2) is 0 Å². The second-order valence-corrected chi connectivity index (χ2v) is 5.04. The molecule has 1 saturated carbocycles. The number of hydrogen-bond acceptors (Lipinski definition) is 4. The van der Waals surface area contributed by atoms with Crippen molar-refractivity contribution in [3.63, 3.8) is 0 Å². The van der Waals surface area contributed by atoms with Crippen molar-refractivity contribution in [3.05, 3.63) is 17.0 Å². The Hall–Kier alpha value is -1.65. The van der Waals surface area contributed by atoms with E-state index in [4.69, 9.17) is 4.74 Å². The fraction of sp³-hybridized carbons (Fsp3) is 0.643. The molecule has 2 heterocycles. The van der Waals surface area contributed by atoms with Crippen LogP contribution in [0, 0.1) is 6.92 Å². The maximum atomic E-state index is 5.46. The minimum atomic E-state index is 0.617. The van der Waals surface area contributed by atoms with Gasteiger partial charge in [0.25, 0.3) is 0 Å². The van der Waals surface area contributed by atoms with Crippen molar-refractivity contribution in [1.29, 1.82) is 0 Å². The highest BCUT2D eigenvalue weighted by molar-refractivity contribution is 5.53. The molecule has 0 aromatic carbocycles. The summed E-state index contributed by atoms with van der Waals surface area (Å²) in [6.45, 7) is 5.94. The molecule has 1 fully saturated rings. The van der Waals surface area contributed by atoms with E-state index in [1.807, 2.05) is 25.3 Å². The van der Waals surface area contributed by atoms with Crippen LogP contribution in [0.25, 0.3) is 5.65 Å². The number of aromatic nitrogens is 4. The molecule has 0 aliphatic heterocycles. The van der Waals surface area contributed by atoms with Gasteiger partial charge in [-0.25, -0.2) is 0 Å². The van der Waals surface area contributed by atoms with Gasteiger partial charge >= 0.3 is 0 Å². The molecule has 0 spiro atoms. The average molecular weight is 260 g/mol. The van der Waals surface area contributed by atoms with Gasteiger partial charge in [-0.3, -0.25) is 0 Å². The SMILES string of the molecule is CC.COc1nc2c(C)nnn2c2c1C1CCC2C1. The fourth-order valence-electron chi connectivity index (χ4n) is 3.45. The number of ether oxygens (including phenoxy) is 1. The van der Waals surface area contributed by atoms with E-state index in [0.29, 0.717) is 11.8 Å². The molecule has 0 saturated heterocycles. The quantitative estimate of drug-likeness (QED) is 0.791. The standard InChI is InChI=1S/C12H14N4O.C2H6/c1-6-11-13-12(17-2)9-7-3-4-8(5-7)10(9)16(11)15-14-6;1-2/h7-8H,3-5H2,1-2H3;1-2H3. The van der Waals surface area contributed by atoms with E-state index in [1.54, 1.807) is 7.11 Å². The van der Waals surface area contributed by atoms with E-state index in [1.165, 1.54) is 30.5 Å². The van der Waals surface area contributed by atoms with Crippen molar-refractivity contribution >= 4 is 5.65 Å². The minimum absolute atomic E-state index is 0.617. The molecule has 102 valence electrons. The first kappa shape index (κ1) is 12.4. The van der Waals surface area contributed by atoms with Crippen molar-refractivity contribution < 1.29 is 4.74 Å². The van der Waals surface area contributed by atoms with Crippen LogP contribution in [0.5, 0.6) is 5.88 Å². The highest BCUT2D eigenvalue weighted by atomic mass is 16.5. The zero-order chi connectivity index (χ0) is 13.6. The Morgan fingerprint density at radius 2 is 1.95 bits per heavy atom. The Balaban J connectivity index is 0.000000528. The maximum absolute atomic E-state index is 5.46. The lowest BCUT2D eigenvalue weighted by atomic mass is 9.97. The van der Waals surface area contributed by atoms with Crippen LogP contribution in [-0.4, -0.2) is 26.9 Å². The predicted octanol–water partition coefficient (Wildman–Crippen LogP) is 2.83. The lowest BCUT2D eigenvalue weighted by Crippen LogP contribution is -2.10. The zero-order valence-corrected chi connectivity index (χ0v) is 12.0. The normalized spacial score (nSPS) is 23.2. The van der Waals surface area contributed by atoms with Crippen molar-refractivity contribution in [1.82, 2.24) is 19.8 Å². The molecule has 5 heteroatoms. The second kappa shape index (κ2) is 4.47. The lowest BCUT2D eigenvalue weighted by Gasteiger charge is -2.17. The van der Waals surface area contributed by atoms with Gasteiger partial charge in [0.1, 0.15) is 5.69 Å². The topological polar surface area (TPSA) is 52.3 Å². The summed E-state index contributed by atoms with van der Waals surface area (Å²) in [5, 5.41) is 8.36. The highest BCUT2D eigenvalue weighted by Crippen LogP contribution is 2.55. The van der Waals surface area contributed by atoms with Gasteiger partial charge in [-0.15, -0.1) is 5.10 Å². The van der Waals surface area contributed by atoms with E-state index >= 15 is 0 Å². The molecule has 2 unspecified atom stereocenters. The Labute approximate surface area is 113 Å². The van der Waals surface area contributed by atoms with Gasteiger partial charge in [-0.05, 0) is 32.1 Å². The predicted molar refractivity (Wildman–Crippen MR) is 72.8 cm³/mol. The number of hydrogen-bond donors (Lipinski definition) is 0. The third-order valence-corrected chi connectivity index (χ3v) is 4.17. The first-order chi connectivity index (χ1) is 9.29. The van der Waals surface area contributed by atoms with Crippen LogP contribution in [0.2, 0.25) is 0 Å². The van der Waals surface area contributed by atoms with Gasteiger partial charge in [0, 0.05) is 11.5 Å². The summed E-state index contributed by atoms with van der Waals surface area (Å²) in [5.74, 6) is 2.02. The summed E-state index contributed by atoms with van der Waals surface area (Å²) in [6, 6.07) is 0.